The Hall–Kier alpha value is -3.48. The number of nitrogens with zero attached hydrogens (tertiary/aromatic N) is 4. The van der Waals surface area contributed by atoms with Crippen LogP contribution in [-0.4, -0.2) is 66.6 Å². The Bertz CT molecular complexity index is 1130. The molecule has 2 aromatic carbocycles. The van der Waals surface area contributed by atoms with Crippen molar-refractivity contribution in [1.29, 1.82) is 0 Å². The van der Waals surface area contributed by atoms with Gasteiger partial charge in [-0.05, 0) is 24.3 Å². The van der Waals surface area contributed by atoms with Gasteiger partial charge in [0, 0.05) is 26.2 Å². The number of rotatable bonds is 8. The molecule has 8 nitrogen and oxygen atoms in total. The van der Waals surface area contributed by atoms with E-state index in [0.29, 0.717) is 29.0 Å². The fraction of sp³-hybridized carbons (Fsp3) is 0.292. The molecule has 9 heteroatoms. The molecule has 0 spiro atoms. The highest BCUT2D eigenvalue weighted by Gasteiger charge is 2.20. The summed E-state index contributed by atoms with van der Waals surface area (Å²) in [4.78, 5) is 17.2. The largest absolute Gasteiger partial charge is 0.496 e. The van der Waals surface area contributed by atoms with Crippen molar-refractivity contribution in [3.05, 3.63) is 48.5 Å². The number of carbonyl (C=O) groups is 1. The molecule has 1 saturated heterocycles. The van der Waals surface area contributed by atoms with Crippen LogP contribution in [0.25, 0.3) is 11.5 Å². The fourth-order valence-electron chi connectivity index (χ4n) is 3.64. The predicted molar refractivity (Wildman–Crippen MR) is 130 cm³/mol. The highest BCUT2D eigenvalue weighted by atomic mass is 32.2. The molecule has 170 valence electrons. The monoisotopic (exact) mass is 463 g/mol. The van der Waals surface area contributed by atoms with Gasteiger partial charge in [-0.25, -0.2) is 0 Å². The standard InChI is InChI=1S/C24H25N5O3S/c1-3-12-28-13-15-29(16-14-28)20-10-6-5-9-19(20)25-22(30)17-33-24-27-26-23(32-24)18-8-4-7-11-21(18)31-2/h1,4-11H,12-17H2,2H3,(H,25,30). The third-order valence-corrected chi connectivity index (χ3v) is 6.10. The molecule has 33 heavy (non-hydrogen) atoms. The normalized spacial score (nSPS) is 14.0. The van der Waals surface area contributed by atoms with Crippen molar-refractivity contribution in [3.8, 4) is 29.5 Å². The molecule has 0 radical (unpaired) electrons. The SMILES string of the molecule is C#CCN1CCN(c2ccccc2NC(=O)CSc2nnc(-c3ccccc3OC)o2)CC1. The molecule has 2 heterocycles. The molecule has 4 rings (SSSR count). The van der Waals surface area contributed by atoms with Crippen molar-refractivity contribution in [1.82, 2.24) is 15.1 Å². The highest BCUT2D eigenvalue weighted by Crippen LogP contribution is 2.31. The number of terminal acetylenes is 1. The van der Waals surface area contributed by atoms with Crippen LogP contribution in [-0.2, 0) is 4.79 Å². The second-order valence-corrected chi connectivity index (χ2v) is 8.32. The molecule has 0 bridgehead atoms. The number of piperazine rings is 1. The van der Waals surface area contributed by atoms with Crippen molar-refractivity contribution in [2.75, 3.05) is 55.8 Å². The topological polar surface area (TPSA) is 83.7 Å². The zero-order chi connectivity index (χ0) is 23.0. The van der Waals surface area contributed by atoms with Crippen LogP contribution in [0.2, 0.25) is 0 Å². The van der Waals surface area contributed by atoms with Crippen molar-refractivity contribution >= 4 is 29.0 Å². The second kappa shape index (κ2) is 10.9. The summed E-state index contributed by atoms with van der Waals surface area (Å²) in [6.07, 6.45) is 5.42. The second-order valence-electron chi connectivity index (χ2n) is 7.39. The maximum Gasteiger partial charge on any atom is 0.277 e. The third kappa shape index (κ3) is 5.66. The van der Waals surface area contributed by atoms with Crippen molar-refractivity contribution in [3.63, 3.8) is 0 Å². The summed E-state index contributed by atoms with van der Waals surface area (Å²) in [5.41, 5.74) is 2.50. The van der Waals surface area contributed by atoms with E-state index in [9.17, 15) is 4.79 Å². The van der Waals surface area contributed by atoms with E-state index in [1.54, 1.807) is 7.11 Å². The van der Waals surface area contributed by atoms with Crippen molar-refractivity contribution < 1.29 is 13.9 Å². The van der Waals surface area contributed by atoms with Gasteiger partial charge in [0.25, 0.3) is 11.1 Å². The van der Waals surface area contributed by atoms with Crippen LogP contribution < -0.4 is 15.0 Å². The van der Waals surface area contributed by atoms with Gasteiger partial charge in [-0.2, -0.15) is 0 Å². The summed E-state index contributed by atoms with van der Waals surface area (Å²) in [6.45, 7) is 4.17. The number of anilines is 2. The number of amides is 1. The van der Waals surface area contributed by atoms with Gasteiger partial charge in [0.1, 0.15) is 5.75 Å². The number of hydrogen-bond acceptors (Lipinski definition) is 8. The number of para-hydroxylation sites is 3. The lowest BCUT2D eigenvalue weighted by Crippen LogP contribution is -2.46. The number of thioether (sulfide) groups is 1. The van der Waals surface area contributed by atoms with E-state index in [1.807, 2.05) is 48.5 Å². The maximum atomic E-state index is 12.6. The van der Waals surface area contributed by atoms with E-state index >= 15 is 0 Å². The first-order chi connectivity index (χ1) is 16.2. The Morgan fingerprint density at radius 2 is 1.91 bits per heavy atom. The number of aromatic nitrogens is 2. The lowest BCUT2D eigenvalue weighted by Gasteiger charge is -2.36. The molecule has 1 fully saturated rings. The van der Waals surface area contributed by atoms with Gasteiger partial charge in [-0.1, -0.05) is 41.9 Å². The summed E-state index contributed by atoms with van der Waals surface area (Å²) in [5, 5.41) is 11.5. The first-order valence-electron chi connectivity index (χ1n) is 10.6. The lowest BCUT2D eigenvalue weighted by molar-refractivity contribution is -0.113. The van der Waals surface area contributed by atoms with Gasteiger partial charge < -0.3 is 19.4 Å². The zero-order valence-electron chi connectivity index (χ0n) is 18.4. The van der Waals surface area contributed by atoms with Crippen LogP contribution in [0.3, 0.4) is 0 Å². The summed E-state index contributed by atoms with van der Waals surface area (Å²) in [7, 11) is 1.59. The molecule has 1 N–H and O–H groups in total. The van der Waals surface area contributed by atoms with Crippen LogP contribution in [0.1, 0.15) is 0 Å². The van der Waals surface area contributed by atoms with Gasteiger partial charge >= 0.3 is 0 Å². The number of methoxy groups -OCH3 is 1. The van der Waals surface area contributed by atoms with Crippen LogP contribution in [0.5, 0.6) is 5.75 Å². The van der Waals surface area contributed by atoms with Crippen molar-refractivity contribution in [2.24, 2.45) is 0 Å². The molecule has 3 aromatic rings. The van der Waals surface area contributed by atoms with Gasteiger partial charge in [-0.3, -0.25) is 9.69 Å². The van der Waals surface area contributed by atoms with Crippen LogP contribution in [0.4, 0.5) is 11.4 Å². The average Bonchev–Trinajstić information content (AvgIpc) is 3.33. The minimum Gasteiger partial charge on any atom is -0.496 e. The zero-order valence-corrected chi connectivity index (χ0v) is 19.2. The molecule has 0 atom stereocenters. The Morgan fingerprint density at radius 1 is 1.15 bits per heavy atom. The van der Waals surface area contributed by atoms with Gasteiger partial charge in [0.2, 0.25) is 5.91 Å². The molecule has 0 saturated carbocycles. The summed E-state index contributed by atoms with van der Waals surface area (Å²) in [5.74, 6) is 3.70. The predicted octanol–water partition coefficient (Wildman–Crippen LogP) is 3.23. The van der Waals surface area contributed by atoms with Crippen LogP contribution >= 0.6 is 11.8 Å². The molecule has 0 unspecified atom stereocenters. The average molecular weight is 464 g/mol. The lowest BCUT2D eigenvalue weighted by atomic mass is 10.2. The Balaban J connectivity index is 1.35. The number of ether oxygens (including phenoxy) is 1. The smallest absolute Gasteiger partial charge is 0.277 e. The number of benzene rings is 2. The van der Waals surface area contributed by atoms with E-state index in [4.69, 9.17) is 15.6 Å². The summed E-state index contributed by atoms with van der Waals surface area (Å²) in [6, 6.07) is 15.2. The first-order valence-corrected chi connectivity index (χ1v) is 11.6. The molecular weight excluding hydrogens is 438 g/mol. The molecule has 1 aromatic heterocycles. The highest BCUT2D eigenvalue weighted by molar-refractivity contribution is 7.99. The maximum absolute atomic E-state index is 12.6. The fourth-order valence-corrected chi connectivity index (χ4v) is 4.21. The van der Waals surface area contributed by atoms with E-state index in [2.05, 4.69) is 31.2 Å². The van der Waals surface area contributed by atoms with Gasteiger partial charge in [0.15, 0.2) is 0 Å². The minimum absolute atomic E-state index is 0.143. The van der Waals surface area contributed by atoms with Gasteiger partial charge in [-0.15, -0.1) is 16.6 Å². The minimum atomic E-state index is -0.143. The Kier molecular flexibility index (Phi) is 7.50. The summed E-state index contributed by atoms with van der Waals surface area (Å²) < 4.78 is 11.1. The third-order valence-electron chi connectivity index (χ3n) is 5.28. The number of hydrogen-bond donors (Lipinski definition) is 1. The number of nitrogens with one attached hydrogen (secondary N) is 1. The van der Waals surface area contributed by atoms with Gasteiger partial charge in [0.05, 0.1) is 36.3 Å². The first kappa shape index (κ1) is 22.7. The molecule has 1 aliphatic heterocycles. The molecule has 0 aliphatic carbocycles. The number of carbonyl (C=O) groups excluding carboxylic acids is 1. The quantitative estimate of drug-likeness (QED) is 0.403. The van der Waals surface area contributed by atoms with Crippen molar-refractivity contribution in [2.45, 2.75) is 5.22 Å². The van der Waals surface area contributed by atoms with E-state index in [1.165, 1.54) is 11.8 Å². The summed E-state index contributed by atoms with van der Waals surface area (Å²) >= 11 is 1.19. The molecule has 1 aliphatic rings. The van der Waals surface area contributed by atoms with Crippen LogP contribution in [0, 0.1) is 12.3 Å². The van der Waals surface area contributed by atoms with Crippen LogP contribution in [0.15, 0.2) is 58.2 Å². The molecular formula is C24H25N5O3S. The Morgan fingerprint density at radius 3 is 2.70 bits per heavy atom. The Labute approximate surface area is 197 Å². The van der Waals surface area contributed by atoms with E-state index in [0.717, 1.165) is 37.6 Å². The van der Waals surface area contributed by atoms with E-state index < -0.39 is 0 Å². The van der Waals surface area contributed by atoms with E-state index in [-0.39, 0.29) is 11.7 Å². The molecule has 1 amide bonds.